The molecule has 1 aromatic rings. The van der Waals surface area contributed by atoms with Crippen LogP contribution in [0.2, 0.25) is 0 Å². The number of carbonyl (C=O) groups is 3. The average Bonchev–Trinajstić information content (AvgIpc) is 3.35. The van der Waals surface area contributed by atoms with E-state index in [9.17, 15) is 14.4 Å². The Balaban J connectivity index is 1.40. The fraction of sp³-hybridized carbons (Fsp3) is 0.417. The highest BCUT2D eigenvalue weighted by Gasteiger charge is 2.43. The molecule has 0 spiro atoms. The summed E-state index contributed by atoms with van der Waals surface area (Å²) in [5.74, 6) is 0.988. The smallest absolute Gasteiger partial charge is 0.286 e. The Kier molecular flexibility index (Phi) is 19.5. The number of ether oxygens (including phenoxy) is 1. The van der Waals surface area contributed by atoms with E-state index in [1.807, 2.05) is 30.3 Å². The summed E-state index contributed by atoms with van der Waals surface area (Å²) in [5, 5.41) is 5.77. The maximum absolute atomic E-state index is 12.5. The fourth-order valence-electron chi connectivity index (χ4n) is 4.11. The first kappa shape index (κ1) is 37.0. The molecule has 1 aliphatic rings. The minimum atomic E-state index is -1.17. The van der Waals surface area contributed by atoms with Gasteiger partial charge in [-0.2, -0.15) is 0 Å². The Labute approximate surface area is 272 Å². The summed E-state index contributed by atoms with van der Waals surface area (Å²) in [4.78, 5) is 37.0. The monoisotopic (exact) mass is 636 g/mol. The highest BCUT2D eigenvalue weighted by atomic mass is 33.1. The largest absolute Gasteiger partial charge is 0.469 e. The molecule has 1 aliphatic heterocycles. The van der Waals surface area contributed by atoms with E-state index >= 15 is 0 Å². The average molecular weight is 637 g/mol. The number of ketones is 1. The van der Waals surface area contributed by atoms with Crippen LogP contribution >= 0.6 is 21.6 Å². The van der Waals surface area contributed by atoms with Gasteiger partial charge in [0, 0.05) is 42.7 Å². The highest BCUT2D eigenvalue weighted by molar-refractivity contribution is 8.76. The molecule has 0 aliphatic carbocycles. The van der Waals surface area contributed by atoms with Crippen LogP contribution in [0.5, 0.6) is 0 Å². The number of rotatable bonds is 22. The maximum Gasteiger partial charge on any atom is 0.286 e. The summed E-state index contributed by atoms with van der Waals surface area (Å²) < 4.78 is 5.76. The zero-order valence-electron chi connectivity index (χ0n) is 26.2. The van der Waals surface area contributed by atoms with E-state index < -0.39 is 5.60 Å². The second-order valence-corrected chi connectivity index (χ2v) is 12.9. The van der Waals surface area contributed by atoms with Crippen molar-refractivity contribution in [3.05, 3.63) is 108 Å². The van der Waals surface area contributed by atoms with E-state index in [-0.39, 0.29) is 23.4 Å². The lowest BCUT2D eigenvalue weighted by atomic mass is 9.92. The topological polar surface area (TPSA) is 84.5 Å². The first-order valence-corrected chi connectivity index (χ1v) is 18.0. The second kappa shape index (κ2) is 23.2. The molecule has 0 saturated carbocycles. The van der Waals surface area contributed by atoms with Crippen molar-refractivity contribution in [1.82, 2.24) is 10.6 Å². The third-order valence-electron chi connectivity index (χ3n) is 6.59. The van der Waals surface area contributed by atoms with Crippen molar-refractivity contribution >= 4 is 39.2 Å². The van der Waals surface area contributed by atoms with Gasteiger partial charge in [0.2, 0.25) is 11.7 Å². The number of benzene rings is 1. The van der Waals surface area contributed by atoms with Crippen LogP contribution in [0.3, 0.4) is 0 Å². The molecule has 1 atom stereocenters. The molecule has 0 fully saturated rings. The van der Waals surface area contributed by atoms with E-state index in [2.05, 4.69) is 78.3 Å². The molecule has 0 saturated heterocycles. The van der Waals surface area contributed by atoms with Gasteiger partial charge in [-0.05, 0) is 51.9 Å². The van der Waals surface area contributed by atoms with Gasteiger partial charge in [0.05, 0.1) is 0 Å². The van der Waals surface area contributed by atoms with Gasteiger partial charge in [-0.15, -0.1) is 0 Å². The molecule has 238 valence electrons. The summed E-state index contributed by atoms with van der Waals surface area (Å²) in [6.45, 7) is 4.90. The van der Waals surface area contributed by atoms with Gasteiger partial charge in [-0.25, -0.2) is 0 Å². The van der Waals surface area contributed by atoms with Crippen molar-refractivity contribution in [2.45, 2.75) is 70.8 Å². The van der Waals surface area contributed by atoms with Gasteiger partial charge < -0.3 is 15.4 Å². The van der Waals surface area contributed by atoms with Crippen LogP contribution in [0, 0.1) is 0 Å². The molecule has 0 bridgehead atoms. The predicted octanol–water partition coefficient (Wildman–Crippen LogP) is 7.92. The number of hydrogen-bond acceptors (Lipinski definition) is 6. The normalized spacial score (nSPS) is 17.0. The van der Waals surface area contributed by atoms with Crippen molar-refractivity contribution < 1.29 is 19.1 Å². The van der Waals surface area contributed by atoms with Crippen LogP contribution in [0.4, 0.5) is 0 Å². The molecule has 8 heteroatoms. The molecule has 1 unspecified atom stereocenters. The Bertz CT molecular complexity index is 1190. The van der Waals surface area contributed by atoms with Gasteiger partial charge in [0.15, 0.2) is 11.4 Å². The molecule has 6 nitrogen and oxygen atoms in total. The summed E-state index contributed by atoms with van der Waals surface area (Å²) in [5.41, 5.74) is -0.452. The van der Waals surface area contributed by atoms with Crippen molar-refractivity contribution in [3.8, 4) is 0 Å². The van der Waals surface area contributed by atoms with Gasteiger partial charge in [0.1, 0.15) is 0 Å². The minimum Gasteiger partial charge on any atom is -0.469 e. The lowest BCUT2D eigenvalue weighted by Crippen LogP contribution is -2.32. The van der Waals surface area contributed by atoms with Crippen molar-refractivity contribution in [3.63, 3.8) is 0 Å². The van der Waals surface area contributed by atoms with Crippen LogP contribution in [-0.4, -0.2) is 42.2 Å². The molecule has 0 radical (unpaired) electrons. The van der Waals surface area contributed by atoms with Gasteiger partial charge in [0.25, 0.3) is 5.91 Å². The quantitative estimate of drug-likeness (QED) is 0.0764. The van der Waals surface area contributed by atoms with Crippen molar-refractivity contribution in [2.24, 2.45) is 0 Å². The summed E-state index contributed by atoms with van der Waals surface area (Å²) in [7, 11) is 3.28. The maximum atomic E-state index is 12.5. The van der Waals surface area contributed by atoms with Gasteiger partial charge >= 0.3 is 0 Å². The zero-order valence-corrected chi connectivity index (χ0v) is 27.8. The van der Waals surface area contributed by atoms with E-state index in [1.165, 1.54) is 6.08 Å². The summed E-state index contributed by atoms with van der Waals surface area (Å²) in [6.07, 6.45) is 30.3. The lowest BCUT2D eigenvalue weighted by molar-refractivity contribution is -0.132. The molecular weight excluding hydrogens is 589 g/mol. The number of nitrogens with one attached hydrogen (secondary N) is 2. The molecule has 1 heterocycles. The molecular formula is C36H48N2O4S2. The van der Waals surface area contributed by atoms with Gasteiger partial charge in [-0.1, -0.05) is 120 Å². The van der Waals surface area contributed by atoms with Crippen LogP contribution in [-0.2, 0) is 24.7 Å². The summed E-state index contributed by atoms with van der Waals surface area (Å²) in [6, 6.07) is 9.17. The Morgan fingerprint density at radius 1 is 0.795 bits per heavy atom. The van der Waals surface area contributed by atoms with E-state index in [1.54, 1.807) is 28.5 Å². The Morgan fingerprint density at radius 2 is 1.34 bits per heavy atom. The molecule has 0 aromatic heterocycles. The van der Waals surface area contributed by atoms with Crippen molar-refractivity contribution in [1.29, 1.82) is 0 Å². The number of unbranched alkanes of at least 4 members (excludes halogenated alkanes) is 1. The fourth-order valence-corrected chi connectivity index (χ4v) is 5.92. The third kappa shape index (κ3) is 15.5. The molecule has 2 N–H and O–H groups in total. The standard InChI is InChI=1S/C36H48N2O4S2/c1-3-4-5-6-7-8-9-10-11-12-13-14-15-16-17-18-22-25-34(40)37-26-28-43-44-29-27-38-35(41)32-30-33(39)36(2,42-32)31-23-20-19-21-24-31/h4-5,7-8,10-11,13-14,16-17,19-21,23-24,30H,3,6,9,12,15,18,22,25-29H2,1-2H3,(H,37,40)(H,38,41). The molecule has 44 heavy (non-hydrogen) atoms. The third-order valence-corrected chi connectivity index (χ3v) is 9.00. The number of hydrogen-bond donors (Lipinski definition) is 2. The number of allylic oxidation sites excluding steroid dienone is 10. The number of amides is 2. The van der Waals surface area contributed by atoms with Gasteiger partial charge in [-0.3, -0.25) is 14.4 Å². The Hall–Kier alpha value is -3.23. The second-order valence-electron chi connectivity index (χ2n) is 10.2. The van der Waals surface area contributed by atoms with E-state index in [0.717, 1.165) is 50.7 Å². The molecule has 1 aromatic carbocycles. The van der Waals surface area contributed by atoms with Crippen LogP contribution in [0.1, 0.15) is 70.8 Å². The molecule has 2 rings (SSSR count). The zero-order chi connectivity index (χ0) is 31.7. The first-order valence-electron chi connectivity index (χ1n) is 15.5. The Morgan fingerprint density at radius 3 is 1.93 bits per heavy atom. The first-order chi connectivity index (χ1) is 21.5. The predicted molar refractivity (Wildman–Crippen MR) is 187 cm³/mol. The molecule has 2 amide bonds. The SMILES string of the molecule is CCC=CCC=CCC=CCC=CCC=CCCCC(=O)NCCSSCCNC(=O)C1=CC(=O)C(C)(c2ccccc2)O1. The summed E-state index contributed by atoms with van der Waals surface area (Å²) >= 11 is 0. The van der Waals surface area contributed by atoms with Crippen LogP contribution in [0.25, 0.3) is 0 Å². The lowest BCUT2D eigenvalue weighted by Gasteiger charge is -2.23. The van der Waals surface area contributed by atoms with Crippen molar-refractivity contribution in [2.75, 3.05) is 24.6 Å². The van der Waals surface area contributed by atoms with E-state index in [4.69, 9.17) is 4.74 Å². The minimum absolute atomic E-state index is 0.0445. The van der Waals surface area contributed by atoms with Crippen LogP contribution < -0.4 is 10.6 Å². The highest BCUT2D eigenvalue weighted by Crippen LogP contribution is 2.34. The van der Waals surface area contributed by atoms with Crippen LogP contribution in [0.15, 0.2) is 103 Å². The van der Waals surface area contributed by atoms with E-state index in [0.29, 0.717) is 30.8 Å². The number of carbonyl (C=O) groups excluding carboxylic acids is 3.